The minimum absolute atomic E-state index is 0.301. The molecule has 1 aliphatic carbocycles. The number of hydrogen-bond acceptors (Lipinski definition) is 1. The molecule has 260 valence electrons. The van der Waals surface area contributed by atoms with Crippen molar-refractivity contribution >= 4 is 0 Å². The van der Waals surface area contributed by atoms with Crippen molar-refractivity contribution in [3.05, 3.63) is 23.8 Å². The molecule has 0 spiro atoms. The topological polar surface area (TPSA) is 20.2 Å². The average molecular weight is 615 g/mol. The first-order chi connectivity index (χ1) is 21.6. The van der Waals surface area contributed by atoms with Crippen molar-refractivity contribution in [1.29, 1.82) is 0 Å². The van der Waals surface area contributed by atoms with E-state index in [0.29, 0.717) is 5.92 Å². The van der Waals surface area contributed by atoms with Gasteiger partial charge in [0.25, 0.3) is 0 Å². The van der Waals surface area contributed by atoms with E-state index in [9.17, 15) is 5.11 Å². The monoisotopic (exact) mass is 615 g/mol. The fourth-order valence-electron chi connectivity index (χ4n) is 7.39. The van der Waals surface area contributed by atoms with E-state index in [0.717, 1.165) is 12.8 Å². The minimum Gasteiger partial charge on any atom is -0.385 e. The summed E-state index contributed by atoms with van der Waals surface area (Å²) in [4.78, 5) is 0. The van der Waals surface area contributed by atoms with Gasteiger partial charge in [-0.1, -0.05) is 231 Å². The predicted octanol–water partition coefficient (Wildman–Crippen LogP) is 15.2. The van der Waals surface area contributed by atoms with Crippen LogP contribution in [0.15, 0.2) is 23.8 Å². The first kappa shape index (κ1) is 41.5. The molecule has 2 atom stereocenters. The maximum atomic E-state index is 11.4. The molecule has 0 heterocycles. The van der Waals surface area contributed by atoms with E-state index in [4.69, 9.17) is 0 Å². The van der Waals surface area contributed by atoms with Gasteiger partial charge in [0.2, 0.25) is 0 Å². The maximum absolute atomic E-state index is 11.4. The molecule has 1 heteroatoms. The van der Waals surface area contributed by atoms with Crippen LogP contribution in [0.25, 0.3) is 0 Å². The van der Waals surface area contributed by atoms with Gasteiger partial charge >= 0.3 is 0 Å². The van der Waals surface area contributed by atoms with Crippen LogP contribution in [-0.4, -0.2) is 10.7 Å². The van der Waals surface area contributed by atoms with E-state index in [1.807, 2.05) is 0 Å². The Balaban J connectivity index is 1.93. The number of aliphatic hydroxyl groups is 1. The number of hydrogen-bond donors (Lipinski definition) is 1. The standard InChI is InChI=1S/C43H82O/c1-4-6-8-10-12-14-16-18-20-22-24-26-28-30-32-34-37-41-39-36-40-42(43(41,3)44)38-35-33-31-29-27-25-23-21-19-17-15-13-11-9-7-5-2/h36,39-41,44H,4-35,37-38H2,1-3H3. The van der Waals surface area contributed by atoms with Crippen molar-refractivity contribution in [3.8, 4) is 0 Å². The van der Waals surface area contributed by atoms with Crippen LogP contribution < -0.4 is 0 Å². The second kappa shape index (κ2) is 31.1. The molecule has 0 bridgehead atoms. The number of unbranched alkanes of at least 4 members (excludes halogenated alkanes) is 30. The Bertz CT molecular complexity index is 643. The van der Waals surface area contributed by atoms with Crippen LogP contribution in [-0.2, 0) is 0 Å². The van der Waals surface area contributed by atoms with Crippen LogP contribution in [0.2, 0.25) is 0 Å². The second-order valence-corrected chi connectivity index (χ2v) is 15.0. The van der Waals surface area contributed by atoms with Gasteiger partial charge in [0.05, 0.1) is 5.60 Å². The summed E-state index contributed by atoms with van der Waals surface area (Å²) in [6, 6.07) is 0. The summed E-state index contributed by atoms with van der Waals surface area (Å²) in [5.41, 5.74) is 0.645. The molecule has 44 heavy (non-hydrogen) atoms. The maximum Gasteiger partial charge on any atom is 0.0894 e. The highest BCUT2D eigenvalue weighted by atomic mass is 16.3. The van der Waals surface area contributed by atoms with Gasteiger partial charge in [-0.25, -0.2) is 0 Å². The SMILES string of the molecule is CCCCCCCCCCCCCCCCCCC1=CC=CC(CCCCCCCCCCCCCCCCCC)C1(C)O. The van der Waals surface area contributed by atoms with E-state index < -0.39 is 5.60 Å². The zero-order valence-electron chi connectivity index (χ0n) is 30.8. The van der Waals surface area contributed by atoms with E-state index in [1.165, 1.54) is 211 Å². The van der Waals surface area contributed by atoms with Gasteiger partial charge in [-0.05, 0) is 31.8 Å². The number of allylic oxidation sites excluding steroid dienone is 2. The molecular formula is C43H82O. The Hall–Kier alpha value is -0.560. The Morgan fingerprint density at radius 3 is 1.09 bits per heavy atom. The summed E-state index contributed by atoms with van der Waals surface area (Å²) in [5.74, 6) is 0.301. The van der Waals surface area contributed by atoms with Gasteiger partial charge in [0.15, 0.2) is 0 Å². The minimum atomic E-state index is -0.639. The molecule has 0 saturated heterocycles. The molecule has 1 rings (SSSR count). The molecule has 0 aliphatic heterocycles. The normalized spacial score (nSPS) is 18.3. The van der Waals surface area contributed by atoms with Gasteiger partial charge in [0.1, 0.15) is 0 Å². The van der Waals surface area contributed by atoms with Crippen molar-refractivity contribution in [2.75, 3.05) is 0 Å². The highest BCUT2D eigenvalue weighted by Gasteiger charge is 2.34. The van der Waals surface area contributed by atoms with Gasteiger partial charge < -0.3 is 5.11 Å². The van der Waals surface area contributed by atoms with Gasteiger partial charge in [0, 0.05) is 5.92 Å². The van der Waals surface area contributed by atoms with Crippen molar-refractivity contribution in [1.82, 2.24) is 0 Å². The molecule has 1 nitrogen and oxygen atoms in total. The van der Waals surface area contributed by atoms with Crippen LogP contribution >= 0.6 is 0 Å². The Labute approximate surface area is 278 Å². The van der Waals surface area contributed by atoms with Crippen LogP contribution in [0.5, 0.6) is 0 Å². The predicted molar refractivity (Wildman–Crippen MR) is 200 cm³/mol. The van der Waals surface area contributed by atoms with Crippen LogP contribution in [0.4, 0.5) is 0 Å². The van der Waals surface area contributed by atoms with Crippen molar-refractivity contribution in [2.24, 2.45) is 5.92 Å². The number of rotatable bonds is 34. The lowest BCUT2D eigenvalue weighted by Crippen LogP contribution is -2.37. The van der Waals surface area contributed by atoms with Crippen LogP contribution in [0.1, 0.15) is 239 Å². The lowest BCUT2D eigenvalue weighted by molar-refractivity contribution is 0.0447. The molecule has 0 fully saturated rings. The fourth-order valence-corrected chi connectivity index (χ4v) is 7.39. The van der Waals surface area contributed by atoms with Crippen LogP contribution in [0.3, 0.4) is 0 Å². The summed E-state index contributed by atoms with van der Waals surface area (Å²) < 4.78 is 0. The summed E-state index contributed by atoms with van der Waals surface area (Å²) in [7, 11) is 0. The molecule has 0 saturated carbocycles. The Kier molecular flexibility index (Phi) is 29.3. The van der Waals surface area contributed by atoms with E-state index in [1.54, 1.807) is 0 Å². The highest BCUT2D eigenvalue weighted by molar-refractivity contribution is 5.29. The summed E-state index contributed by atoms with van der Waals surface area (Å²) in [6.45, 7) is 6.69. The summed E-state index contributed by atoms with van der Waals surface area (Å²) >= 11 is 0. The van der Waals surface area contributed by atoms with E-state index in [2.05, 4.69) is 39.0 Å². The fraction of sp³-hybridized carbons (Fsp3) is 0.907. The van der Waals surface area contributed by atoms with E-state index >= 15 is 0 Å². The Morgan fingerprint density at radius 1 is 0.455 bits per heavy atom. The second-order valence-electron chi connectivity index (χ2n) is 15.0. The smallest absolute Gasteiger partial charge is 0.0894 e. The first-order valence-electron chi connectivity index (χ1n) is 20.7. The zero-order valence-corrected chi connectivity index (χ0v) is 30.8. The molecule has 0 aromatic rings. The third-order valence-electron chi connectivity index (χ3n) is 10.7. The third-order valence-corrected chi connectivity index (χ3v) is 10.7. The van der Waals surface area contributed by atoms with Gasteiger partial charge in [-0.2, -0.15) is 0 Å². The largest absolute Gasteiger partial charge is 0.385 e. The van der Waals surface area contributed by atoms with Gasteiger partial charge in [-0.3, -0.25) is 0 Å². The van der Waals surface area contributed by atoms with Crippen LogP contribution in [0, 0.1) is 5.92 Å². The molecule has 0 aromatic heterocycles. The van der Waals surface area contributed by atoms with Crippen molar-refractivity contribution in [3.63, 3.8) is 0 Å². The Morgan fingerprint density at radius 2 is 0.750 bits per heavy atom. The summed E-state index contributed by atoms with van der Waals surface area (Å²) in [6.07, 6.45) is 54.2. The molecular weight excluding hydrogens is 532 g/mol. The molecule has 0 radical (unpaired) electrons. The van der Waals surface area contributed by atoms with E-state index in [-0.39, 0.29) is 0 Å². The first-order valence-corrected chi connectivity index (χ1v) is 20.7. The van der Waals surface area contributed by atoms with Crippen molar-refractivity contribution < 1.29 is 5.11 Å². The quantitative estimate of drug-likeness (QED) is 0.0715. The average Bonchev–Trinajstić information content (AvgIpc) is 3.01. The van der Waals surface area contributed by atoms with Crippen molar-refractivity contribution in [2.45, 2.75) is 245 Å². The molecule has 1 aliphatic rings. The zero-order chi connectivity index (χ0) is 31.8. The molecule has 0 aromatic carbocycles. The molecule has 0 amide bonds. The summed E-state index contributed by atoms with van der Waals surface area (Å²) in [5, 5.41) is 11.4. The van der Waals surface area contributed by atoms with Gasteiger partial charge in [-0.15, -0.1) is 0 Å². The molecule has 2 unspecified atom stereocenters. The molecule has 1 N–H and O–H groups in total. The highest BCUT2D eigenvalue weighted by Crippen LogP contribution is 2.36. The third kappa shape index (κ3) is 23.7. The lowest BCUT2D eigenvalue weighted by Gasteiger charge is -2.36. The lowest BCUT2D eigenvalue weighted by atomic mass is 9.75.